The second-order valence-electron chi connectivity index (χ2n) is 4.15. The van der Waals surface area contributed by atoms with E-state index in [0.29, 0.717) is 5.92 Å². The van der Waals surface area contributed by atoms with Crippen molar-refractivity contribution in [3.8, 4) is 11.5 Å². The van der Waals surface area contributed by atoms with Crippen molar-refractivity contribution in [1.29, 1.82) is 0 Å². The van der Waals surface area contributed by atoms with Crippen LogP contribution in [-0.2, 0) is 0 Å². The maximum Gasteiger partial charge on any atom is 0.133 e. The van der Waals surface area contributed by atoms with E-state index in [0.717, 1.165) is 29.1 Å². The smallest absolute Gasteiger partial charge is 0.133 e. The van der Waals surface area contributed by atoms with Gasteiger partial charge in [0, 0.05) is 24.6 Å². The van der Waals surface area contributed by atoms with Gasteiger partial charge in [0.15, 0.2) is 0 Å². The van der Waals surface area contributed by atoms with E-state index in [-0.39, 0.29) is 0 Å². The number of halogens is 1. The standard InChI is InChI=1S/C12H16BrNO2.C2H6/c1-14-6-8(7-14)9-4-12(16-3)10(13)5-11(9)15-2;1-2/h4-5,8H,6-7H2,1-3H3;1-2H3. The molecule has 0 bridgehead atoms. The molecule has 0 aliphatic carbocycles. The number of likely N-dealkylation sites (tertiary alicyclic amines) is 1. The van der Waals surface area contributed by atoms with Gasteiger partial charge >= 0.3 is 0 Å². The molecule has 1 aliphatic heterocycles. The lowest BCUT2D eigenvalue weighted by Gasteiger charge is -2.37. The van der Waals surface area contributed by atoms with Crippen LogP contribution in [0.3, 0.4) is 0 Å². The van der Waals surface area contributed by atoms with Gasteiger partial charge in [0.05, 0.1) is 18.7 Å². The van der Waals surface area contributed by atoms with Gasteiger partial charge in [-0.1, -0.05) is 13.8 Å². The Morgan fingerprint density at radius 3 is 2.11 bits per heavy atom. The maximum absolute atomic E-state index is 5.41. The molecule has 1 heterocycles. The summed E-state index contributed by atoms with van der Waals surface area (Å²) in [7, 11) is 5.52. The maximum atomic E-state index is 5.41. The molecule has 1 aromatic carbocycles. The zero-order valence-corrected chi connectivity index (χ0v) is 13.4. The van der Waals surface area contributed by atoms with E-state index in [1.165, 1.54) is 5.56 Å². The monoisotopic (exact) mass is 315 g/mol. The molecule has 2 rings (SSSR count). The average Bonchev–Trinajstić information content (AvgIpc) is 2.37. The first kappa shape index (κ1) is 15.3. The Balaban J connectivity index is 0.000000771. The lowest BCUT2D eigenvalue weighted by Crippen LogP contribution is -2.41. The van der Waals surface area contributed by atoms with Crippen LogP contribution in [0.2, 0.25) is 0 Å². The fourth-order valence-corrected chi connectivity index (χ4v) is 2.58. The highest BCUT2D eigenvalue weighted by Gasteiger charge is 2.28. The highest BCUT2D eigenvalue weighted by molar-refractivity contribution is 9.10. The van der Waals surface area contributed by atoms with E-state index in [4.69, 9.17) is 9.47 Å². The van der Waals surface area contributed by atoms with Crippen molar-refractivity contribution >= 4 is 15.9 Å². The topological polar surface area (TPSA) is 21.7 Å². The van der Waals surface area contributed by atoms with Crippen molar-refractivity contribution < 1.29 is 9.47 Å². The summed E-state index contributed by atoms with van der Waals surface area (Å²) in [5.74, 6) is 2.36. The molecule has 102 valence electrons. The van der Waals surface area contributed by atoms with Crippen molar-refractivity contribution in [1.82, 2.24) is 4.90 Å². The molecule has 0 N–H and O–H groups in total. The Hall–Kier alpha value is -0.740. The van der Waals surface area contributed by atoms with E-state index >= 15 is 0 Å². The van der Waals surface area contributed by atoms with Crippen molar-refractivity contribution in [2.75, 3.05) is 34.4 Å². The number of hydrogen-bond donors (Lipinski definition) is 0. The lowest BCUT2D eigenvalue weighted by atomic mass is 9.91. The minimum atomic E-state index is 0.557. The van der Waals surface area contributed by atoms with E-state index in [1.807, 2.05) is 19.9 Å². The van der Waals surface area contributed by atoms with Crippen LogP contribution >= 0.6 is 15.9 Å². The van der Waals surface area contributed by atoms with Gasteiger partial charge in [-0.25, -0.2) is 0 Å². The van der Waals surface area contributed by atoms with Crippen molar-refractivity contribution in [2.24, 2.45) is 0 Å². The SMILES string of the molecule is CC.COc1cc(C2CN(C)C2)c(OC)cc1Br. The summed E-state index contributed by atoms with van der Waals surface area (Å²) in [5.41, 5.74) is 1.24. The minimum Gasteiger partial charge on any atom is -0.496 e. The largest absolute Gasteiger partial charge is 0.496 e. The third-order valence-electron chi connectivity index (χ3n) is 3.01. The molecule has 0 saturated carbocycles. The predicted molar refractivity (Wildman–Crippen MR) is 78.8 cm³/mol. The fraction of sp³-hybridized carbons (Fsp3) is 0.571. The van der Waals surface area contributed by atoms with Gasteiger partial charge in [-0.05, 0) is 35.1 Å². The van der Waals surface area contributed by atoms with Gasteiger partial charge < -0.3 is 14.4 Å². The number of methoxy groups -OCH3 is 2. The number of benzene rings is 1. The van der Waals surface area contributed by atoms with Crippen LogP contribution in [0.1, 0.15) is 25.3 Å². The minimum absolute atomic E-state index is 0.557. The summed E-state index contributed by atoms with van der Waals surface area (Å²) in [5, 5.41) is 0. The van der Waals surface area contributed by atoms with Gasteiger partial charge in [0.1, 0.15) is 11.5 Å². The molecule has 18 heavy (non-hydrogen) atoms. The Morgan fingerprint density at radius 2 is 1.67 bits per heavy atom. The summed E-state index contributed by atoms with van der Waals surface area (Å²) in [6.07, 6.45) is 0. The van der Waals surface area contributed by atoms with Crippen LogP contribution in [0.15, 0.2) is 16.6 Å². The van der Waals surface area contributed by atoms with E-state index in [2.05, 4.69) is 33.9 Å². The highest BCUT2D eigenvalue weighted by atomic mass is 79.9. The summed E-state index contributed by atoms with van der Waals surface area (Å²) < 4.78 is 11.7. The number of hydrogen-bond acceptors (Lipinski definition) is 3. The molecular formula is C14H22BrNO2. The lowest BCUT2D eigenvalue weighted by molar-refractivity contribution is 0.186. The first-order valence-corrected chi connectivity index (χ1v) is 7.05. The van der Waals surface area contributed by atoms with Crippen LogP contribution in [0.4, 0.5) is 0 Å². The molecular weight excluding hydrogens is 294 g/mol. The Labute approximate surface area is 118 Å². The Kier molecular flexibility index (Phi) is 5.96. The van der Waals surface area contributed by atoms with Crippen molar-refractivity contribution in [2.45, 2.75) is 19.8 Å². The summed E-state index contributed by atoms with van der Waals surface area (Å²) in [6, 6.07) is 4.05. The van der Waals surface area contributed by atoms with E-state index in [1.54, 1.807) is 14.2 Å². The van der Waals surface area contributed by atoms with Crippen LogP contribution in [0.5, 0.6) is 11.5 Å². The molecule has 0 radical (unpaired) electrons. The van der Waals surface area contributed by atoms with Crippen LogP contribution in [0, 0.1) is 0 Å². The molecule has 4 heteroatoms. The number of rotatable bonds is 3. The molecule has 0 amide bonds. The molecule has 1 fully saturated rings. The Bertz CT molecular complexity index is 390. The van der Waals surface area contributed by atoms with Crippen LogP contribution in [-0.4, -0.2) is 39.3 Å². The van der Waals surface area contributed by atoms with Crippen LogP contribution in [0.25, 0.3) is 0 Å². The third-order valence-corrected chi connectivity index (χ3v) is 3.63. The molecule has 0 atom stereocenters. The van der Waals surface area contributed by atoms with Crippen molar-refractivity contribution in [3.05, 3.63) is 22.2 Å². The number of nitrogens with zero attached hydrogens (tertiary/aromatic N) is 1. The van der Waals surface area contributed by atoms with Gasteiger partial charge in [0.25, 0.3) is 0 Å². The molecule has 1 saturated heterocycles. The number of likely N-dealkylation sites (N-methyl/N-ethyl adjacent to an activating group) is 1. The molecule has 3 nitrogen and oxygen atoms in total. The van der Waals surface area contributed by atoms with Crippen molar-refractivity contribution in [3.63, 3.8) is 0 Å². The molecule has 1 aromatic rings. The van der Waals surface area contributed by atoms with E-state index in [9.17, 15) is 0 Å². The predicted octanol–water partition coefficient (Wildman–Crippen LogP) is 3.52. The van der Waals surface area contributed by atoms with Gasteiger partial charge in [-0.3, -0.25) is 0 Å². The summed E-state index contributed by atoms with van der Waals surface area (Å²) in [6.45, 7) is 6.17. The van der Waals surface area contributed by atoms with Crippen LogP contribution < -0.4 is 9.47 Å². The second-order valence-corrected chi connectivity index (χ2v) is 5.00. The zero-order chi connectivity index (χ0) is 13.7. The quantitative estimate of drug-likeness (QED) is 0.852. The first-order chi connectivity index (χ1) is 8.65. The average molecular weight is 316 g/mol. The van der Waals surface area contributed by atoms with Gasteiger partial charge in [-0.15, -0.1) is 0 Å². The first-order valence-electron chi connectivity index (χ1n) is 6.25. The molecule has 0 unspecified atom stereocenters. The molecule has 1 aliphatic rings. The summed E-state index contributed by atoms with van der Waals surface area (Å²) in [4.78, 5) is 2.29. The number of ether oxygens (including phenoxy) is 2. The highest BCUT2D eigenvalue weighted by Crippen LogP contribution is 2.39. The molecule has 0 spiro atoms. The zero-order valence-electron chi connectivity index (χ0n) is 11.8. The Morgan fingerprint density at radius 1 is 1.11 bits per heavy atom. The summed E-state index contributed by atoms with van der Waals surface area (Å²) >= 11 is 3.47. The normalized spacial score (nSPS) is 15.4. The fourth-order valence-electron chi connectivity index (χ4n) is 2.10. The second kappa shape index (κ2) is 7.00. The third kappa shape index (κ3) is 3.18. The van der Waals surface area contributed by atoms with Gasteiger partial charge in [0.2, 0.25) is 0 Å². The molecule has 0 aromatic heterocycles. The van der Waals surface area contributed by atoms with E-state index < -0.39 is 0 Å². The van der Waals surface area contributed by atoms with Gasteiger partial charge in [-0.2, -0.15) is 0 Å².